The lowest BCUT2D eigenvalue weighted by Crippen LogP contribution is -2.61. The van der Waals surface area contributed by atoms with Gasteiger partial charge in [-0.05, 0) is 55.3 Å². The van der Waals surface area contributed by atoms with Gasteiger partial charge in [0, 0.05) is 12.6 Å². The molecule has 156 valence electrons. The average molecular weight is 393 g/mol. The lowest BCUT2D eigenvalue weighted by Gasteiger charge is -2.47. The molecule has 1 aliphatic rings. The van der Waals surface area contributed by atoms with E-state index in [1.165, 1.54) is 17.0 Å². The Balaban J connectivity index is 2.10. The van der Waals surface area contributed by atoms with Gasteiger partial charge in [-0.2, -0.15) is 0 Å². The highest BCUT2D eigenvalue weighted by atomic mass is 19.1. The van der Waals surface area contributed by atoms with Crippen LogP contribution in [0.15, 0.2) is 36.9 Å². The van der Waals surface area contributed by atoms with E-state index in [1.54, 1.807) is 18.2 Å². The number of benzene rings is 1. The van der Waals surface area contributed by atoms with Crippen LogP contribution in [0.4, 0.5) is 9.18 Å². The molecular weight excluding hydrogens is 359 g/mol. The fourth-order valence-corrected chi connectivity index (χ4v) is 4.32. The number of nitrogens with zero attached hydrogens (tertiary/aromatic N) is 1. The molecular formula is C22H33FN2O3. The summed E-state index contributed by atoms with van der Waals surface area (Å²) in [6.07, 6.45) is 3.25. The van der Waals surface area contributed by atoms with Crippen molar-refractivity contribution in [3.05, 3.63) is 48.3 Å². The van der Waals surface area contributed by atoms with Crippen LogP contribution < -0.4 is 5.32 Å². The molecule has 1 amide bonds. The lowest BCUT2D eigenvalue weighted by molar-refractivity contribution is 0.0189. The Labute approximate surface area is 167 Å². The third-order valence-corrected chi connectivity index (χ3v) is 5.57. The number of carboxylic acid groups (broad SMARTS) is 1. The number of hydrogen-bond acceptors (Lipinski definition) is 3. The minimum absolute atomic E-state index is 0.0195. The van der Waals surface area contributed by atoms with E-state index in [-0.39, 0.29) is 23.3 Å². The largest absolute Gasteiger partial charge is 0.465 e. The smallest absolute Gasteiger partial charge is 0.407 e. The average Bonchev–Trinajstić information content (AvgIpc) is 2.61. The molecule has 3 atom stereocenters. The first-order valence-corrected chi connectivity index (χ1v) is 9.91. The van der Waals surface area contributed by atoms with Crippen LogP contribution in [0.5, 0.6) is 0 Å². The van der Waals surface area contributed by atoms with Gasteiger partial charge >= 0.3 is 6.09 Å². The number of aliphatic hydroxyl groups is 1. The van der Waals surface area contributed by atoms with Crippen molar-refractivity contribution in [3.63, 3.8) is 0 Å². The first kappa shape index (κ1) is 22.4. The molecule has 0 radical (unpaired) electrons. The molecule has 2 unspecified atom stereocenters. The molecule has 0 bridgehead atoms. The van der Waals surface area contributed by atoms with Gasteiger partial charge in [-0.25, -0.2) is 9.18 Å². The van der Waals surface area contributed by atoms with Gasteiger partial charge in [-0.3, -0.25) is 0 Å². The van der Waals surface area contributed by atoms with Crippen LogP contribution in [0.3, 0.4) is 0 Å². The van der Waals surface area contributed by atoms with Crippen molar-refractivity contribution in [1.29, 1.82) is 0 Å². The molecule has 1 heterocycles. The maximum Gasteiger partial charge on any atom is 0.407 e. The quantitative estimate of drug-likeness (QED) is 0.610. The second-order valence-electron chi connectivity index (χ2n) is 8.77. The molecule has 0 aliphatic carbocycles. The van der Waals surface area contributed by atoms with Gasteiger partial charge in [0.1, 0.15) is 5.82 Å². The summed E-state index contributed by atoms with van der Waals surface area (Å²) in [5, 5.41) is 24.2. The SMILES string of the molecule is C=CCC(O)(CCN[C@H]1CCCN(C(=O)O)C1C(C)(C)C)c1ccc(F)cc1. The molecule has 1 aliphatic heterocycles. The predicted molar refractivity (Wildman–Crippen MR) is 109 cm³/mol. The van der Waals surface area contributed by atoms with Gasteiger partial charge in [-0.15, -0.1) is 6.58 Å². The summed E-state index contributed by atoms with van der Waals surface area (Å²) in [4.78, 5) is 13.2. The minimum atomic E-state index is -1.14. The monoisotopic (exact) mass is 392 g/mol. The van der Waals surface area contributed by atoms with Gasteiger partial charge in [0.2, 0.25) is 0 Å². The van der Waals surface area contributed by atoms with Crippen molar-refractivity contribution < 1.29 is 19.4 Å². The Kier molecular flexibility index (Phi) is 7.23. The zero-order valence-electron chi connectivity index (χ0n) is 17.1. The van der Waals surface area contributed by atoms with Crippen LogP contribution in [0.2, 0.25) is 0 Å². The van der Waals surface area contributed by atoms with Crippen molar-refractivity contribution >= 4 is 6.09 Å². The van der Waals surface area contributed by atoms with Gasteiger partial charge in [0.05, 0.1) is 11.6 Å². The van der Waals surface area contributed by atoms with Crippen LogP contribution >= 0.6 is 0 Å². The molecule has 5 nitrogen and oxygen atoms in total. The summed E-state index contributed by atoms with van der Waals surface area (Å²) in [7, 11) is 0. The third-order valence-electron chi connectivity index (χ3n) is 5.57. The Morgan fingerprint density at radius 3 is 2.54 bits per heavy atom. The Hall–Kier alpha value is -1.92. The summed E-state index contributed by atoms with van der Waals surface area (Å²) in [6.45, 7) is 11.0. The number of rotatable bonds is 7. The van der Waals surface area contributed by atoms with Gasteiger partial charge < -0.3 is 20.4 Å². The summed E-state index contributed by atoms with van der Waals surface area (Å²) in [5.74, 6) is -0.341. The lowest BCUT2D eigenvalue weighted by atomic mass is 9.77. The van der Waals surface area contributed by atoms with Gasteiger partial charge in [-0.1, -0.05) is 39.0 Å². The molecule has 0 aromatic heterocycles. The van der Waals surface area contributed by atoms with Crippen molar-refractivity contribution in [2.24, 2.45) is 5.41 Å². The standard InChI is InChI=1S/C22H33FN2O3/c1-5-12-22(28,16-8-10-17(23)11-9-16)13-14-24-18-7-6-15-25(20(26)27)19(18)21(2,3)4/h5,8-11,18-19,24,28H,1,6-7,12-15H2,2-4H3,(H,26,27)/t18-,19?,22?/m0/s1. The van der Waals surface area contributed by atoms with E-state index >= 15 is 0 Å². The second kappa shape index (κ2) is 9.05. The normalized spacial score (nSPS) is 22.5. The summed E-state index contributed by atoms with van der Waals surface area (Å²) in [5.41, 5.74) is -0.690. The number of hydrogen-bond donors (Lipinski definition) is 3. The Bertz CT molecular complexity index is 671. The maximum absolute atomic E-state index is 13.2. The second-order valence-corrected chi connectivity index (χ2v) is 8.77. The van der Waals surface area contributed by atoms with Crippen molar-refractivity contribution in [2.45, 2.75) is 64.1 Å². The van der Waals surface area contributed by atoms with E-state index in [0.29, 0.717) is 31.5 Å². The van der Waals surface area contributed by atoms with Gasteiger partial charge in [0.15, 0.2) is 0 Å². The molecule has 0 spiro atoms. The molecule has 0 saturated carbocycles. The predicted octanol–water partition coefficient (Wildman–Crippen LogP) is 4.13. The topological polar surface area (TPSA) is 72.8 Å². The van der Waals surface area contributed by atoms with Crippen LogP contribution in [-0.2, 0) is 5.60 Å². The Morgan fingerprint density at radius 2 is 2.00 bits per heavy atom. The Morgan fingerprint density at radius 1 is 1.36 bits per heavy atom. The van der Waals surface area contributed by atoms with Crippen LogP contribution in [0.25, 0.3) is 0 Å². The van der Waals surface area contributed by atoms with Crippen LogP contribution in [-0.4, -0.2) is 46.4 Å². The van der Waals surface area contributed by atoms with E-state index in [9.17, 15) is 19.4 Å². The molecule has 1 aromatic rings. The first-order chi connectivity index (χ1) is 13.1. The van der Waals surface area contributed by atoms with E-state index < -0.39 is 11.7 Å². The number of likely N-dealkylation sites (tertiary alicyclic amines) is 1. The highest BCUT2D eigenvalue weighted by molar-refractivity contribution is 5.66. The molecule has 1 saturated heterocycles. The van der Waals surface area contributed by atoms with Crippen molar-refractivity contribution in [1.82, 2.24) is 10.2 Å². The van der Waals surface area contributed by atoms with E-state index in [1.807, 2.05) is 0 Å². The summed E-state index contributed by atoms with van der Waals surface area (Å²) >= 11 is 0. The fourth-order valence-electron chi connectivity index (χ4n) is 4.32. The number of piperidine rings is 1. The first-order valence-electron chi connectivity index (χ1n) is 9.91. The molecule has 28 heavy (non-hydrogen) atoms. The van der Waals surface area contributed by atoms with E-state index in [0.717, 1.165) is 12.8 Å². The van der Waals surface area contributed by atoms with E-state index in [2.05, 4.69) is 32.7 Å². The van der Waals surface area contributed by atoms with Crippen molar-refractivity contribution in [3.8, 4) is 0 Å². The number of carbonyl (C=O) groups is 1. The molecule has 6 heteroatoms. The molecule has 1 aromatic carbocycles. The fraction of sp³-hybridized carbons (Fsp3) is 0.591. The zero-order valence-corrected chi connectivity index (χ0v) is 17.1. The maximum atomic E-state index is 13.2. The third kappa shape index (κ3) is 5.32. The summed E-state index contributed by atoms with van der Waals surface area (Å²) < 4.78 is 13.2. The van der Waals surface area contributed by atoms with Gasteiger partial charge in [0.25, 0.3) is 0 Å². The highest BCUT2D eigenvalue weighted by Crippen LogP contribution is 2.33. The van der Waals surface area contributed by atoms with Crippen LogP contribution in [0, 0.1) is 11.2 Å². The number of halogens is 1. The van der Waals surface area contributed by atoms with Crippen LogP contribution in [0.1, 0.15) is 52.0 Å². The minimum Gasteiger partial charge on any atom is -0.465 e. The number of amides is 1. The molecule has 3 N–H and O–H groups in total. The van der Waals surface area contributed by atoms with E-state index in [4.69, 9.17) is 0 Å². The number of nitrogens with one attached hydrogen (secondary N) is 1. The molecule has 2 rings (SSSR count). The zero-order chi connectivity index (χ0) is 20.9. The van der Waals surface area contributed by atoms with Crippen molar-refractivity contribution in [2.75, 3.05) is 13.1 Å². The molecule has 1 fully saturated rings. The summed E-state index contributed by atoms with van der Waals surface area (Å²) in [6, 6.07) is 5.77. The highest BCUT2D eigenvalue weighted by Gasteiger charge is 2.41.